The second kappa shape index (κ2) is 12.2. The number of thioether (sulfide) groups is 1. The van der Waals surface area contributed by atoms with Gasteiger partial charge in [-0.15, -0.1) is 0 Å². The topological polar surface area (TPSA) is 74.2 Å². The van der Waals surface area contributed by atoms with Crippen LogP contribution in [0.15, 0.2) is 82.0 Å². The number of carbonyl (C=O) groups excluding carboxylic acids is 2. The molecule has 2 aromatic rings. The molecule has 0 bridgehead atoms. The zero-order valence-electron chi connectivity index (χ0n) is 22.2. The van der Waals surface area contributed by atoms with Crippen LogP contribution in [0.2, 0.25) is 0 Å². The molecule has 0 saturated carbocycles. The molecule has 1 atom stereocenters. The van der Waals surface area contributed by atoms with Crippen LogP contribution in [0, 0.1) is 5.82 Å². The third-order valence-electron chi connectivity index (χ3n) is 7.34. The van der Waals surface area contributed by atoms with E-state index < -0.39 is 17.8 Å². The van der Waals surface area contributed by atoms with Gasteiger partial charge >= 0.3 is 5.97 Å². The van der Waals surface area contributed by atoms with Crippen molar-refractivity contribution < 1.29 is 18.7 Å². The van der Waals surface area contributed by atoms with Crippen molar-refractivity contribution in [1.29, 1.82) is 0 Å². The number of benzene rings is 2. The van der Waals surface area contributed by atoms with E-state index in [9.17, 15) is 14.0 Å². The predicted molar refractivity (Wildman–Crippen MR) is 151 cm³/mol. The number of hydrogen-bond acceptors (Lipinski definition) is 7. The third-order valence-corrected chi connectivity index (χ3v) is 8.23. The summed E-state index contributed by atoms with van der Waals surface area (Å²) in [5.74, 6) is -0.980. The Bertz CT molecular complexity index is 1320. The SMILES string of the molecule is CCC1=C(C(=O)OC)[C@@H](c2cccc(F)c2)N2C(CC(=O)NC3CCN(Cc4ccccc4)CC3)=CSC2=N1. The molecule has 1 fully saturated rings. The van der Waals surface area contributed by atoms with Gasteiger partial charge in [-0.3, -0.25) is 9.69 Å². The highest BCUT2D eigenvalue weighted by atomic mass is 32.2. The smallest absolute Gasteiger partial charge is 0.338 e. The number of halogens is 1. The zero-order valence-corrected chi connectivity index (χ0v) is 23.0. The zero-order chi connectivity index (χ0) is 27.4. The Balaban J connectivity index is 1.28. The van der Waals surface area contributed by atoms with Crippen LogP contribution >= 0.6 is 11.8 Å². The second-order valence-electron chi connectivity index (χ2n) is 9.93. The number of likely N-dealkylation sites (tertiary alicyclic amines) is 1. The number of carbonyl (C=O) groups is 2. The van der Waals surface area contributed by atoms with Gasteiger partial charge in [0.2, 0.25) is 5.91 Å². The minimum atomic E-state index is -0.633. The molecule has 3 heterocycles. The molecule has 204 valence electrons. The van der Waals surface area contributed by atoms with Gasteiger partial charge < -0.3 is 15.0 Å². The Kier molecular flexibility index (Phi) is 8.47. The number of esters is 1. The van der Waals surface area contributed by atoms with Crippen molar-refractivity contribution in [2.24, 2.45) is 4.99 Å². The number of ether oxygens (including phenoxy) is 1. The molecule has 5 rings (SSSR count). The average molecular weight is 549 g/mol. The molecule has 9 heteroatoms. The van der Waals surface area contributed by atoms with Gasteiger partial charge in [0.1, 0.15) is 5.82 Å². The molecule has 2 aromatic carbocycles. The standard InChI is InChI=1S/C30H33FN4O3S/c1-3-25-27(29(37)38-2)28(21-10-7-11-22(31)16-21)35-24(19-39-30(35)33-25)17-26(36)32-23-12-14-34(15-13-23)18-20-8-5-4-6-9-20/h4-11,16,19,23,28H,3,12-15,17-18H2,1-2H3,(H,32,36)/t28-/m1/s1. The summed E-state index contributed by atoms with van der Waals surface area (Å²) in [4.78, 5) is 35.2. The van der Waals surface area contributed by atoms with Gasteiger partial charge in [0.05, 0.1) is 30.8 Å². The van der Waals surface area contributed by atoms with Crippen LogP contribution in [0.25, 0.3) is 0 Å². The fourth-order valence-corrected chi connectivity index (χ4v) is 6.36. The summed E-state index contributed by atoms with van der Waals surface area (Å²) in [6.07, 6.45) is 2.44. The van der Waals surface area contributed by atoms with Gasteiger partial charge in [0.15, 0.2) is 5.17 Å². The summed E-state index contributed by atoms with van der Waals surface area (Å²) < 4.78 is 19.4. The van der Waals surface area contributed by atoms with Crippen LogP contribution in [0.3, 0.4) is 0 Å². The average Bonchev–Trinajstić information content (AvgIpc) is 3.35. The Morgan fingerprint density at radius 2 is 1.90 bits per heavy atom. The first-order valence-electron chi connectivity index (χ1n) is 13.3. The highest BCUT2D eigenvalue weighted by molar-refractivity contribution is 8.16. The first kappa shape index (κ1) is 27.1. The summed E-state index contributed by atoms with van der Waals surface area (Å²) in [5, 5.41) is 5.78. The molecule has 0 unspecified atom stereocenters. The minimum Gasteiger partial charge on any atom is -0.466 e. The molecule has 3 aliphatic rings. The van der Waals surface area contributed by atoms with E-state index in [1.165, 1.54) is 36.6 Å². The first-order valence-corrected chi connectivity index (χ1v) is 14.2. The Morgan fingerprint density at radius 3 is 2.59 bits per heavy atom. The molecule has 1 amide bonds. The fourth-order valence-electron chi connectivity index (χ4n) is 5.42. The third kappa shape index (κ3) is 6.09. The molecular weight excluding hydrogens is 515 g/mol. The van der Waals surface area contributed by atoms with Crippen molar-refractivity contribution in [3.63, 3.8) is 0 Å². The van der Waals surface area contributed by atoms with Crippen molar-refractivity contribution in [1.82, 2.24) is 15.1 Å². The number of fused-ring (bicyclic) bond motifs is 1. The Labute approximate surface area is 232 Å². The van der Waals surface area contributed by atoms with E-state index in [-0.39, 0.29) is 18.4 Å². The minimum absolute atomic E-state index is 0.0764. The normalized spacial score (nSPS) is 19.9. The van der Waals surface area contributed by atoms with E-state index in [1.54, 1.807) is 12.1 Å². The number of rotatable bonds is 8. The van der Waals surface area contributed by atoms with E-state index in [1.807, 2.05) is 23.3 Å². The van der Waals surface area contributed by atoms with Gasteiger partial charge in [-0.25, -0.2) is 14.2 Å². The van der Waals surface area contributed by atoms with Crippen LogP contribution in [-0.4, -0.2) is 53.1 Å². The predicted octanol–water partition coefficient (Wildman–Crippen LogP) is 5.13. The Hall–Kier alpha value is -3.43. The highest BCUT2D eigenvalue weighted by Gasteiger charge is 2.41. The van der Waals surface area contributed by atoms with Gasteiger partial charge in [-0.05, 0) is 47.9 Å². The van der Waals surface area contributed by atoms with Crippen molar-refractivity contribution >= 4 is 28.8 Å². The quantitative estimate of drug-likeness (QED) is 0.461. The lowest BCUT2D eigenvalue weighted by atomic mass is 9.92. The van der Waals surface area contributed by atoms with Crippen LogP contribution in [0.4, 0.5) is 4.39 Å². The van der Waals surface area contributed by atoms with Crippen LogP contribution in [0.1, 0.15) is 49.8 Å². The molecule has 1 N–H and O–H groups in total. The molecule has 39 heavy (non-hydrogen) atoms. The maximum atomic E-state index is 14.3. The van der Waals surface area contributed by atoms with Crippen molar-refractivity contribution in [3.8, 4) is 0 Å². The number of nitrogens with one attached hydrogen (secondary N) is 1. The van der Waals surface area contributed by atoms with Gasteiger partial charge in [-0.1, -0.05) is 61.2 Å². The number of hydrogen-bond donors (Lipinski definition) is 1. The number of piperidine rings is 1. The summed E-state index contributed by atoms with van der Waals surface area (Å²) >= 11 is 1.41. The monoisotopic (exact) mass is 548 g/mol. The summed E-state index contributed by atoms with van der Waals surface area (Å²) in [6, 6.07) is 16.1. The lowest BCUT2D eigenvalue weighted by Gasteiger charge is -2.37. The van der Waals surface area contributed by atoms with Crippen LogP contribution in [0.5, 0.6) is 0 Å². The molecule has 0 aliphatic carbocycles. The van der Waals surface area contributed by atoms with Gasteiger partial charge in [0, 0.05) is 31.4 Å². The number of amides is 1. The highest BCUT2D eigenvalue weighted by Crippen LogP contribution is 2.45. The molecule has 0 aromatic heterocycles. The molecule has 1 saturated heterocycles. The molecular formula is C30H33FN4O3S. The molecule has 7 nitrogen and oxygen atoms in total. The van der Waals surface area contributed by atoms with Crippen molar-refractivity contribution in [2.45, 2.75) is 51.2 Å². The maximum absolute atomic E-state index is 14.3. The van der Waals surface area contributed by atoms with E-state index in [0.717, 1.165) is 38.2 Å². The lowest BCUT2D eigenvalue weighted by Crippen LogP contribution is -2.45. The second-order valence-corrected chi connectivity index (χ2v) is 10.8. The molecule has 0 spiro atoms. The molecule has 3 aliphatic heterocycles. The number of amidine groups is 1. The number of nitrogens with zero attached hydrogens (tertiary/aromatic N) is 3. The largest absolute Gasteiger partial charge is 0.466 e. The summed E-state index contributed by atoms with van der Waals surface area (Å²) in [7, 11) is 1.33. The molecule has 0 radical (unpaired) electrons. The van der Waals surface area contributed by atoms with E-state index in [0.29, 0.717) is 28.4 Å². The van der Waals surface area contributed by atoms with Crippen LogP contribution < -0.4 is 5.32 Å². The van der Waals surface area contributed by atoms with E-state index >= 15 is 0 Å². The first-order chi connectivity index (χ1) is 19.0. The van der Waals surface area contributed by atoms with Gasteiger partial charge in [-0.2, -0.15) is 0 Å². The summed E-state index contributed by atoms with van der Waals surface area (Å²) in [5.41, 5.74) is 3.60. The van der Waals surface area contributed by atoms with Crippen molar-refractivity contribution in [3.05, 3.63) is 93.9 Å². The lowest BCUT2D eigenvalue weighted by molar-refractivity contribution is -0.136. The number of allylic oxidation sites excluding steroid dienone is 1. The number of methoxy groups -OCH3 is 1. The van der Waals surface area contributed by atoms with E-state index in [2.05, 4.69) is 34.5 Å². The fraction of sp³-hybridized carbons (Fsp3) is 0.367. The summed E-state index contributed by atoms with van der Waals surface area (Å²) in [6.45, 7) is 4.69. The van der Waals surface area contributed by atoms with Gasteiger partial charge in [0.25, 0.3) is 0 Å². The van der Waals surface area contributed by atoms with Crippen LogP contribution in [-0.2, 0) is 20.9 Å². The number of aliphatic imine (C=N–C) groups is 1. The maximum Gasteiger partial charge on any atom is 0.338 e. The van der Waals surface area contributed by atoms with Crippen molar-refractivity contribution in [2.75, 3.05) is 20.2 Å². The Morgan fingerprint density at radius 1 is 1.13 bits per heavy atom. The van der Waals surface area contributed by atoms with E-state index in [4.69, 9.17) is 9.73 Å².